The second kappa shape index (κ2) is 6.20. The van der Waals surface area contributed by atoms with E-state index < -0.39 is 0 Å². The fraction of sp³-hybridized carbons (Fsp3) is 0.500. The van der Waals surface area contributed by atoms with E-state index in [4.69, 9.17) is 4.74 Å². The zero-order valence-electron chi connectivity index (χ0n) is 10.7. The standard InChI is InChI=1S/C12H19N3O2/c1-9(17-4)8-15(3)12(16)10-6-5-7-14-11(10)13-2/h5-7,9H,8H2,1-4H3,(H,13,14). The minimum absolute atomic E-state index is 0.0126. The molecule has 0 aliphatic carbocycles. The predicted molar refractivity (Wildman–Crippen MR) is 67.2 cm³/mol. The number of rotatable bonds is 5. The predicted octanol–water partition coefficient (Wildman–Crippen LogP) is 1.23. The average molecular weight is 237 g/mol. The molecule has 0 aromatic carbocycles. The molecule has 0 fully saturated rings. The number of methoxy groups -OCH3 is 1. The molecule has 0 saturated carbocycles. The molecule has 1 N–H and O–H groups in total. The molecule has 0 saturated heterocycles. The second-order valence-electron chi connectivity index (χ2n) is 3.88. The van der Waals surface area contributed by atoms with Gasteiger partial charge in [0.2, 0.25) is 0 Å². The highest BCUT2D eigenvalue weighted by molar-refractivity contribution is 5.98. The fourth-order valence-electron chi connectivity index (χ4n) is 1.53. The Morgan fingerprint density at radius 2 is 2.35 bits per heavy atom. The van der Waals surface area contributed by atoms with Gasteiger partial charge in [-0.2, -0.15) is 0 Å². The maximum Gasteiger partial charge on any atom is 0.257 e. The van der Waals surface area contributed by atoms with Crippen molar-refractivity contribution in [2.45, 2.75) is 13.0 Å². The first-order valence-electron chi connectivity index (χ1n) is 5.51. The summed E-state index contributed by atoms with van der Waals surface area (Å²) >= 11 is 0. The van der Waals surface area contributed by atoms with E-state index in [9.17, 15) is 4.79 Å². The fourth-order valence-corrected chi connectivity index (χ4v) is 1.53. The number of ether oxygens (including phenoxy) is 1. The molecule has 94 valence electrons. The number of pyridine rings is 1. The number of anilines is 1. The van der Waals surface area contributed by atoms with Crippen molar-refractivity contribution in [1.29, 1.82) is 0 Å². The van der Waals surface area contributed by atoms with Gasteiger partial charge in [0.15, 0.2) is 0 Å². The lowest BCUT2D eigenvalue weighted by atomic mass is 10.2. The van der Waals surface area contributed by atoms with E-state index >= 15 is 0 Å². The Morgan fingerprint density at radius 3 is 2.94 bits per heavy atom. The quantitative estimate of drug-likeness (QED) is 0.837. The number of aromatic nitrogens is 1. The van der Waals surface area contributed by atoms with E-state index in [1.54, 1.807) is 44.4 Å². The van der Waals surface area contributed by atoms with Gasteiger partial charge in [-0.25, -0.2) is 4.98 Å². The van der Waals surface area contributed by atoms with Crippen molar-refractivity contribution in [1.82, 2.24) is 9.88 Å². The smallest absolute Gasteiger partial charge is 0.257 e. The van der Waals surface area contributed by atoms with Gasteiger partial charge < -0.3 is 15.0 Å². The van der Waals surface area contributed by atoms with Crippen LogP contribution >= 0.6 is 0 Å². The van der Waals surface area contributed by atoms with Crippen LogP contribution in [0, 0.1) is 0 Å². The molecule has 5 nitrogen and oxygen atoms in total. The second-order valence-corrected chi connectivity index (χ2v) is 3.88. The van der Waals surface area contributed by atoms with E-state index in [1.165, 1.54) is 0 Å². The van der Waals surface area contributed by atoms with E-state index in [2.05, 4.69) is 10.3 Å². The van der Waals surface area contributed by atoms with Gasteiger partial charge in [-0.15, -0.1) is 0 Å². The van der Waals surface area contributed by atoms with Crippen LogP contribution in [0.2, 0.25) is 0 Å². The molecule has 1 unspecified atom stereocenters. The van der Waals surface area contributed by atoms with Crippen LogP contribution in [0.1, 0.15) is 17.3 Å². The molecule has 1 rings (SSSR count). The van der Waals surface area contributed by atoms with Gasteiger partial charge in [-0.3, -0.25) is 4.79 Å². The van der Waals surface area contributed by atoms with Gasteiger partial charge in [0, 0.05) is 33.9 Å². The molecular weight excluding hydrogens is 218 g/mol. The van der Waals surface area contributed by atoms with Crippen molar-refractivity contribution < 1.29 is 9.53 Å². The van der Waals surface area contributed by atoms with Crippen molar-refractivity contribution in [2.75, 3.05) is 33.1 Å². The van der Waals surface area contributed by atoms with Crippen LogP contribution in [0.25, 0.3) is 0 Å². The maximum atomic E-state index is 12.2. The topological polar surface area (TPSA) is 54.5 Å². The number of amides is 1. The first-order chi connectivity index (χ1) is 8.10. The van der Waals surface area contributed by atoms with Crippen LogP contribution in [0.3, 0.4) is 0 Å². The summed E-state index contributed by atoms with van der Waals surface area (Å²) in [7, 11) is 5.13. The number of carbonyl (C=O) groups excluding carboxylic acids is 1. The molecule has 0 aliphatic heterocycles. The molecule has 1 amide bonds. The van der Waals surface area contributed by atoms with Crippen LogP contribution in [-0.2, 0) is 4.74 Å². The highest BCUT2D eigenvalue weighted by atomic mass is 16.5. The molecule has 5 heteroatoms. The average Bonchev–Trinajstić information content (AvgIpc) is 2.37. The van der Waals surface area contributed by atoms with E-state index in [0.29, 0.717) is 17.9 Å². The molecule has 0 spiro atoms. The third-order valence-electron chi connectivity index (χ3n) is 2.55. The van der Waals surface area contributed by atoms with E-state index in [0.717, 1.165) is 0 Å². The largest absolute Gasteiger partial charge is 0.380 e. The normalized spacial score (nSPS) is 12.0. The number of carbonyl (C=O) groups is 1. The van der Waals surface area contributed by atoms with Crippen LogP contribution in [0.5, 0.6) is 0 Å². The molecule has 0 bridgehead atoms. The third kappa shape index (κ3) is 3.42. The summed E-state index contributed by atoms with van der Waals surface area (Å²) < 4.78 is 5.14. The molecule has 0 radical (unpaired) electrons. The minimum atomic E-state index is -0.0636. The van der Waals surface area contributed by atoms with Crippen molar-refractivity contribution in [3.63, 3.8) is 0 Å². The minimum Gasteiger partial charge on any atom is -0.380 e. The summed E-state index contributed by atoms with van der Waals surface area (Å²) in [6, 6.07) is 3.51. The summed E-state index contributed by atoms with van der Waals surface area (Å²) in [6.45, 7) is 2.47. The zero-order valence-corrected chi connectivity index (χ0v) is 10.7. The van der Waals surface area contributed by atoms with E-state index in [-0.39, 0.29) is 12.0 Å². The molecule has 17 heavy (non-hydrogen) atoms. The van der Waals surface area contributed by atoms with Crippen molar-refractivity contribution in [3.8, 4) is 0 Å². The van der Waals surface area contributed by atoms with Gasteiger partial charge >= 0.3 is 0 Å². The number of likely N-dealkylation sites (N-methyl/N-ethyl adjacent to an activating group) is 1. The number of nitrogens with zero attached hydrogens (tertiary/aromatic N) is 2. The number of hydrogen-bond acceptors (Lipinski definition) is 4. The first kappa shape index (κ1) is 13.4. The van der Waals surface area contributed by atoms with E-state index in [1.807, 2.05) is 6.92 Å². The summed E-state index contributed by atoms with van der Waals surface area (Å²) in [6.07, 6.45) is 1.67. The van der Waals surface area contributed by atoms with Gasteiger partial charge in [0.1, 0.15) is 5.82 Å². The number of nitrogens with one attached hydrogen (secondary N) is 1. The first-order valence-corrected chi connectivity index (χ1v) is 5.51. The maximum absolute atomic E-state index is 12.2. The molecule has 0 aliphatic rings. The van der Waals surface area contributed by atoms with Gasteiger partial charge in [-0.1, -0.05) is 0 Å². The molecular formula is C12H19N3O2. The van der Waals surface area contributed by atoms with Crippen molar-refractivity contribution >= 4 is 11.7 Å². The molecule has 1 atom stereocenters. The summed E-state index contributed by atoms with van der Waals surface area (Å²) in [4.78, 5) is 17.9. The number of hydrogen-bond donors (Lipinski definition) is 1. The monoisotopic (exact) mass is 237 g/mol. The van der Waals surface area contributed by atoms with Crippen LogP contribution in [0.15, 0.2) is 18.3 Å². The van der Waals surface area contributed by atoms with Crippen LogP contribution in [0.4, 0.5) is 5.82 Å². The summed E-state index contributed by atoms with van der Waals surface area (Å²) in [5.41, 5.74) is 0.570. The van der Waals surface area contributed by atoms with Gasteiger partial charge in [-0.05, 0) is 19.1 Å². The van der Waals surface area contributed by atoms with Crippen LogP contribution in [-0.4, -0.2) is 49.6 Å². The van der Waals surface area contributed by atoms with Crippen molar-refractivity contribution in [3.05, 3.63) is 23.9 Å². The lowest BCUT2D eigenvalue weighted by molar-refractivity contribution is 0.0600. The van der Waals surface area contributed by atoms with Crippen molar-refractivity contribution in [2.24, 2.45) is 0 Å². The Kier molecular flexibility index (Phi) is 4.90. The third-order valence-corrected chi connectivity index (χ3v) is 2.55. The Labute approximate surface area is 102 Å². The highest BCUT2D eigenvalue weighted by Crippen LogP contribution is 2.13. The summed E-state index contributed by atoms with van der Waals surface area (Å²) in [5, 5.41) is 2.91. The van der Waals surface area contributed by atoms with Gasteiger partial charge in [0.25, 0.3) is 5.91 Å². The molecule has 1 heterocycles. The lowest BCUT2D eigenvalue weighted by Gasteiger charge is -2.21. The molecule has 1 aromatic rings. The van der Waals surface area contributed by atoms with Crippen LogP contribution < -0.4 is 5.32 Å². The van der Waals surface area contributed by atoms with Gasteiger partial charge in [0.05, 0.1) is 11.7 Å². The highest BCUT2D eigenvalue weighted by Gasteiger charge is 2.17. The Morgan fingerprint density at radius 1 is 1.65 bits per heavy atom. The summed E-state index contributed by atoms with van der Waals surface area (Å²) in [5.74, 6) is 0.528. The Hall–Kier alpha value is -1.62. The zero-order chi connectivity index (χ0) is 12.8. The molecule has 1 aromatic heterocycles. The lowest BCUT2D eigenvalue weighted by Crippen LogP contribution is -2.34. The SMILES string of the molecule is CNc1ncccc1C(=O)N(C)CC(C)OC. The Balaban J connectivity index is 2.81. The Bertz CT molecular complexity index is 382.